The standard InChI is InChI=1S/C34H35FNO/c1-21-16-19-36(5)29(20-21)30-22(2)6-11-26-27-12-13-28(35)31(33(27)37-32(26)30)25-9-7-23(8-10-25)24-14-17-34(3,4)18-15-24/h6-13,16,19-20,24H,14-15,17-18H2,1-5H3/q+1/i1D3,24D. The Morgan fingerprint density at radius 2 is 1.62 bits per heavy atom. The predicted molar refractivity (Wildman–Crippen MR) is 150 cm³/mol. The second kappa shape index (κ2) is 8.83. The van der Waals surface area contributed by atoms with Gasteiger partial charge in [-0.2, -0.15) is 0 Å². The number of pyridine rings is 1. The van der Waals surface area contributed by atoms with E-state index in [0.717, 1.165) is 53.1 Å². The van der Waals surface area contributed by atoms with Crippen molar-refractivity contribution in [2.24, 2.45) is 12.5 Å². The number of rotatable bonds is 3. The van der Waals surface area contributed by atoms with Crippen LogP contribution in [0, 0.1) is 25.0 Å². The normalized spacial score (nSPS) is 18.8. The number of furan rings is 1. The number of halogens is 1. The number of fused-ring (bicyclic) bond motifs is 3. The van der Waals surface area contributed by atoms with E-state index in [-0.39, 0.29) is 16.8 Å². The van der Waals surface area contributed by atoms with Crippen LogP contribution < -0.4 is 4.57 Å². The van der Waals surface area contributed by atoms with Crippen LogP contribution in [0.1, 0.15) is 67.6 Å². The Kier molecular flexibility index (Phi) is 4.68. The fraction of sp³-hybridized carbons (Fsp3) is 0.324. The molecule has 0 spiro atoms. The molecule has 1 fully saturated rings. The fourth-order valence-electron chi connectivity index (χ4n) is 5.77. The number of aryl methyl sites for hydroxylation is 3. The van der Waals surface area contributed by atoms with Crippen LogP contribution >= 0.6 is 0 Å². The first-order valence-electron chi connectivity index (χ1n) is 15.0. The van der Waals surface area contributed by atoms with Crippen LogP contribution in [0.15, 0.2) is 71.3 Å². The lowest BCUT2D eigenvalue weighted by atomic mass is 9.71. The van der Waals surface area contributed by atoms with Crippen molar-refractivity contribution in [2.75, 3.05) is 0 Å². The van der Waals surface area contributed by atoms with Crippen molar-refractivity contribution in [2.45, 2.75) is 59.2 Å². The van der Waals surface area contributed by atoms with Crippen LogP contribution in [0.5, 0.6) is 0 Å². The lowest BCUT2D eigenvalue weighted by Crippen LogP contribution is -2.30. The molecule has 0 radical (unpaired) electrons. The first kappa shape index (κ1) is 19.6. The van der Waals surface area contributed by atoms with Gasteiger partial charge in [-0.05, 0) is 85.2 Å². The first-order valence-corrected chi connectivity index (χ1v) is 13.0. The van der Waals surface area contributed by atoms with Crippen LogP contribution in [0.3, 0.4) is 0 Å². The minimum atomic E-state index is -2.24. The van der Waals surface area contributed by atoms with E-state index in [9.17, 15) is 0 Å². The van der Waals surface area contributed by atoms with Crippen molar-refractivity contribution in [3.63, 3.8) is 0 Å². The highest BCUT2D eigenvalue weighted by Gasteiger charge is 2.28. The number of hydrogen-bond acceptors (Lipinski definition) is 1. The van der Waals surface area contributed by atoms with Gasteiger partial charge in [0.1, 0.15) is 24.0 Å². The van der Waals surface area contributed by atoms with E-state index in [0.29, 0.717) is 28.0 Å². The maximum atomic E-state index is 15.5. The molecule has 1 aliphatic carbocycles. The maximum Gasteiger partial charge on any atom is 0.216 e. The molecule has 188 valence electrons. The van der Waals surface area contributed by atoms with Gasteiger partial charge in [-0.15, -0.1) is 0 Å². The van der Waals surface area contributed by atoms with Gasteiger partial charge in [0.15, 0.2) is 6.20 Å². The highest BCUT2D eigenvalue weighted by atomic mass is 19.1. The van der Waals surface area contributed by atoms with Gasteiger partial charge in [-0.3, -0.25) is 0 Å². The average Bonchev–Trinajstić information content (AvgIpc) is 3.29. The number of benzene rings is 3. The molecule has 1 aliphatic rings. The molecule has 5 aromatic rings. The van der Waals surface area contributed by atoms with Crippen LogP contribution in [-0.2, 0) is 7.05 Å². The van der Waals surface area contributed by atoms with Crippen molar-refractivity contribution in [3.8, 4) is 22.4 Å². The molecular weight excluding hydrogens is 457 g/mol. The molecule has 3 aromatic carbocycles. The Hall–Kier alpha value is -3.46. The summed E-state index contributed by atoms with van der Waals surface area (Å²) in [5.41, 5.74) is 6.04. The largest absolute Gasteiger partial charge is 0.454 e. The minimum Gasteiger partial charge on any atom is -0.454 e. The van der Waals surface area contributed by atoms with Gasteiger partial charge >= 0.3 is 0 Å². The third kappa shape index (κ3) is 4.15. The Morgan fingerprint density at radius 1 is 0.946 bits per heavy atom. The molecule has 37 heavy (non-hydrogen) atoms. The molecule has 2 aromatic heterocycles. The zero-order chi connectivity index (χ0) is 29.3. The summed E-state index contributed by atoms with van der Waals surface area (Å²) in [6.45, 7) is 4.26. The van der Waals surface area contributed by atoms with Crippen molar-refractivity contribution in [1.82, 2.24) is 0 Å². The molecule has 0 atom stereocenters. The number of hydrogen-bond donors (Lipinski definition) is 0. The quantitative estimate of drug-likeness (QED) is 0.228. The lowest BCUT2D eigenvalue weighted by molar-refractivity contribution is -0.660. The van der Waals surface area contributed by atoms with Gasteiger partial charge in [0.2, 0.25) is 5.69 Å². The van der Waals surface area contributed by atoms with Gasteiger partial charge < -0.3 is 4.42 Å². The first-order chi connectivity index (χ1) is 19.3. The zero-order valence-electron chi connectivity index (χ0n) is 25.9. The summed E-state index contributed by atoms with van der Waals surface area (Å²) in [5, 5.41) is 1.63. The predicted octanol–water partition coefficient (Wildman–Crippen LogP) is 9.18. The number of nitrogens with zero attached hydrogens (tertiary/aromatic N) is 1. The smallest absolute Gasteiger partial charge is 0.216 e. The highest BCUT2D eigenvalue weighted by Crippen LogP contribution is 2.44. The van der Waals surface area contributed by atoms with Crippen LogP contribution in [-0.4, -0.2) is 0 Å². The maximum absolute atomic E-state index is 15.5. The van der Waals surface area contributed by atoms with E-state index in [2.05, 4.69) is 13.8 Å². The molecule has 0 aliphatic heterocycles. The summed E-state index contributed by atoms with van der Waals surface area (Å²) in [6, 6.07) is 18.2. The van der Waals surface area contributed by atoms with E-state index >= 15 is 4.39 Å². The molecule has 6 rings (SSSR count). The molecule has 0 amide bonds. The third-order valence-corrected chi connectivity index (χ3v) is 8.16. The average molecular weight is 497 g/mol. The molecule has 0 saturated heterocycles. The summed E-state index contributed by atoms with van der Waals surface area (Å²) < 4.78 is 56.8. The summed E-state index contributed by atoms with van der Waals surface area (Å²) in [7, 11) is 1.87. The van der Waals surface area contributed by atoms with Gasteiger partial charge in [0, 0.05) is 28.4 Å². The lowest BCUT2D eigenvalue weighted by Gasteiger charge is -2.34. The molecule has 2 nitrogen and oxygen atoms in total. The van der Waals surface area contributed by atoms with E-state index in [1.807, 2.05) is 54.9 Å². The van der Waals surface area contributed by atoms with E-state index in [4.69, 9.17) is 9.90 Å². The van der Waals surface area contributed by atoms with Crippen molar-refractivity contribution < 1.29 is 18.9 Å². The van der Waals surface area contributed by atoms with Crippen molar-refractivity contribution >= 4 is 21.9 Å². The minimum absolute atomic E-state index is 0.249. The fourth-order valence-corrected chi connectivity index (χ4v) is 5.77. The summed E-state index contributed by atoms with van der Waals surface area (Å²) in [4.78, 5) is 0. The van der Waals surface area contributed by atoms with Crippen LogP contribution in [0.25, 0.3) is 44.3 Å². The zero-order valence-corrected chi connectivity index (χ0v) is 21.9. The third-order valence-electron chi connectivity index (χ3n) is 8.16. The van der Waals surface area contributed by atoms with Gasteiger partial charge in [0.05, 0.1) is 11.1 Å². The van der Waals surface area contributed by atoms with E-state index in [1.165, 1.54) is 6.07 Å². The van der Waals surface area contributed by atoms with E-state index in [1.54, 1.807) is 24.4 Å². The monoisotopic (exact) mass is 496 g/mol. The van der Waals surface area contributed by atoms with Crippen LogP contribution in [0.4, 0.5) is 4.39 Å². The molecular formula is C34H35FNO+. The topological polar surface area (TPSA) is 17.0 Å². The molecule has 0 N–H and O–H groups in total. The Labute approximate surface area is 224 Å². The number of aromatic nitrogens is 1. The van der Waals surface area contributed by atoms with Crippen molar-refractivity contribution in [1.29, 1.82) is 0 Å². The molecule has 0 unspecified atom stereocenters. The molecule has 3 heteroatoms. The second-order valence-electron chi connectivity index (χ2n) is 11.3. The Bertz CT molecular complexity index is 1790. The van der Waals surface area contributed by atoms with E-state index < -0.39 is 12.7 Å². The van der Waals surface area contributed by atoms with Gasteiger partial charge in [0.25, 0.3) is 0 Å². The van der Waals surface area contributed by atoms with Crippen LogP contribution in [0.2, 0.25) is 0 Å². The summed E-state index contributed by atoms with van der Waals surface area (Å²) >= 11 is 0. The molecule has 1 saturated carbocycles. The summed E-state index contributed by atoms with van der Waals surface area (Å²) in [6.07, 6.45) is 5.40. The Morgan fingerprint density at radius 3 is 2.32 bits per heavy atom. The second-order valence-corrected chi connectivity index (χ2v) is 11.3. The SMILES string of the molecule is [2H]C([2H])([2H])c1cc[n+](C)c(-c2c(C)ccc3c2oc2c(-c4ccc(C5([2H])CCC(C)(C)CC5)cc4)c(F)ccc23)c1. The molecule has 2 heterocycles. The van der Waals surface area contributed by atoms with Gasteiger partial charge in [-0.1, -0.05) is 50.2 Å². The molecule has 0 bridgehead atoms. The summed E-state index contributed by atoms with van der Waals surface area (Å²) in [5.74, 6) is -0.999. The van der Waals surface area contributed by atoms with Crippen molar-refractivity contribution in [3.05, 3.63) is 89.4 Å². The van der Waals surface area contributed by atoms with Gasteiger partial charge in [-0.25, -0.2) is 8.96 Å². The highest BCUT2D eigenvalue weighted by molar-refractivity contribution is 6.13. The Balaban J connectivity index is 1.50.